The van der Waals surface area contributed by atoms with Crippen LogP contribution in [-0.2, 0) is 40.1 Å². The molecule has 30 heavy (non-hydrogen) atoms. The summed E-state index contributed by atoms with van der Waals surface area (Å²) in [6.07, 6.45) is 0.599. The van der Waals surface area contributed by atoms with Crippen LogP contribution in [0.4, 0.5) is 11.9 Å². The molecule has 0 aliphatic rings. The summed E-state index contributed by atoms with van der Waals surface area (Å²) in [5.41, 5.74) is 0.615. The first-order chi connectivity index (χ1) is 14.2. The lowest BCUT2D eigenvalue weighted by Crippen LogP contribution is -2.29. The lowest BCUT2D eigenvalue weighted by atomic mass is 10.4. The van der Waals surface area contributed by atoms with Crippen molar-refractivity contribution in [2.24, 2.45) is 0 Å². The van der Waals surface area contributed by atoms with E-state index in [4.69, 9.17) is 14.2 Å². The van der Waals surface area contributed by atoms with E-state index in [2.05, 4.69) is 25.6 Å². The predicted molar refractivity (Wildman–Crippen MR) is 102 cm³/mol. The number of carbonyl (C=O) groups is 4. The van der Waals surface area contributed by atoms with Gasteiger partial charge in [0.15, 0.2) is 5.65 Å². The van der Waals surface area contributed by atoms with Crippen LogP contribution in [0, 0.1) is 0 Å². The van der Waals surface area contributed by atoms with Crippen molar-refractivity contribution in [2.75, 3.05) is 23.8 Å². The Bertz CT molecular complexity index is 939. The molecular formula is C17H22N6O7. The first-order valence-corrected chi connectivity index (χ1v) is 8.82. The molecule has 2 amide bonds. The average Bonchev–Trinajstić information content (AvgIpc) is 2.96. The van der Waals surface area contributed by atoms with Crippen LogP contribution in [-0.4, -0.2) is 62.6 Å². The summed E-state index contributed by atoms with van der Waals surface area (Å²) in [5, 5.41) is 5.01. The number of rotatable bonds is 9. The van der Waals surface area contributed by atoms with Crippen molar-refractivity contribution >= 4 is 46.8 Å². The lowest BCUT2D eigenvalue weighted by molar-refractivity contribution is -0.154. The normalized spacial score (nSPS) is 10.7. The van der Waals surface area contributed by atoms with Crippen LogP contribution in [0.1, 0.15) is 27.7 Å². The van der Waals surface area contributed by atoms with Crippen molar-refractivity contribution < 1.29 is 33.4 Å². The van der Waals surface area contributed by atoms with Crippen molar-refractivity contribution in [3.8, 4) is 0 Å². The second-order valence-corrected chi connectivity index (χ2v) is 6.15. The molecule has 0 aromatic carbocycles. The van der Waals surface area contributed by atoms with E-state index in [0.717, 1.165) is 0 Å². The van der Waals surface area contributed by atoms with Gasteiger partial charge in [-0.2, -0.15) is 4.98 Å². The number of ether oxygens (including phenoxy) is 3. The standard InChI is InChI=1S/C17H22N6O7/c1-9(24)19-16-18-5-14-15(22-16)23(17(21-14)20-10(2)25)8-30-13(6-28-11(3)26)7-29-12(4)27/h5,13H,6-8H2,1-4H3,(H,20,21,25)(H,18,19,22,24). The highest BCUT2D eigenvalue weighted by Crippen LogP contribution is 2.19. The van der Waals surface area contributed by atoms with Gasteiger partial charge in [-0.15, -0.1) is 0 Å². The van der Waals surface area contributed by atoms with Gasteiger partial charge in [0, 0.05) is 27.7 Å². The molecule has 2 aromatic heterocycles. The largest absolute Gasteiger partial charge is 0.463 e. The van der Waals surface area contributed by atoms with Crippen LogP contribution in [0.5, 0.6) is 0 Å². The number of hydrogen-bond acceptors (Lipinski definition) is 10. The molecule has 13 heteroatoms. The molecule has 0 saturated heterocycles. The van der Waals surface area contributed by atoms with Crippen molar-refractivity contribution in [3.63, 3.8) is 0 Å². The molecule has 0 aliphatic heterocycles. The fourth-order valence-corrected chi connectivity index (χ4v) is 2.26. The van der Waals surface area contributed by atoms with E-state index < -0.39 is 18.0 Å². The third-order valence-corrected chi connectivity index (χ3v) is 3.45. The summed E-state index contributed by atoms with van der Waals surface area (Å²) in [7, 11) is 0. The average molecular weight is 422 g/mol. The third kappa shape index (κ3) is 6.77. The molecule has 0 saturated carbocycles. The molecule has 2 N–H and O–H groups in total. The fourth-order valence-electron chi connectivity index (χ4n) is 2.26. The van der Waals surface area contributed by atoms with Gasteiger partial charge in [0.05, 0.1) is 6.20 Å². The third-order valence-electron chi connectivity index (χ3n) is 3.45. The molecule has 13 nitrogen and oxygen atoms in total. The second-order valence-electron chi connectivity index (χ2n) is 6.15. The summed E-state index contributed by atoms with van der Waals surface area (Å²) >= 11 is 0. The first kappa shape index (κ1) is 22.7. The van der Waals surface area contributed by atoms with Crippen LogP contribution in [0.25, 0.3) is 11.2 Å². The maximum absolute atomic E-state index is 11.5. The smallest absolute Gasteiger partial charge is 0.302 e. The maximum Gasteiger partial charge on any atom is 0.302 e. The predicted octanol–water partition coefficient (Wildman–Crippen LogP) is 0.212. The second kappa shape index (κ2) is 10.2. The van der Waals surface area contributed by atoms with Crippen LogP contribution < -0.4 is 10.6 Å². The minimum Gasteiger partial charge on any atom is -0.463 e. The number of carbonyl (C=O) groups excluding carboxylic acids is 4. The highest BCUT2D eigenvalue weighted by Gasteiger charge is 2.19. The highest BCUT2D eigenvalue weighted by molar-refractivity contribution is 5.90. The molecule has 0 spiro atoms. The Morgan fingerprint density at radius 2 is 1.57 bits per heavy atom. The summed E-state index contributed by atoms with van der Waals surface area (Å²) in [5.74, 6) is -1.61. The first-order valence-electron chi connectivity index (χ1n) is 8.82. The number of amides is 2. The zero-order valence-electron chi connectivity index (χ0n) is 16.9. The molecule has 2 heterocycles. The maximum atomic E-state index is 11.5. The van der Waals surface area contributed by atoms with Gasteiger partial charge in [-0.05, 0) is 0 Å². The molecule has 162 valence electrons. The number of anilines is 2. The van der Waals surface area contributed by atoms with Crippen molar-refractivity contribution in [3.05, 3.63) is 6.20 Å². The van der Waals surface area contributed by atoms with Crippen molar-refractivity contribution in [1.82, 2.24) is 19.5 Å². The number of nitrogens with zero attached hydrogens (tertiary/aromatic N) is 4. The zero-order valence-corrected chi connectivity index (χ0v) is 16.9. The van der Waals surface area contributed by atoms with Gasteiger partial charge in [-0.1, -0.05) is 0 Å². The fraction of sp³-hybridized carbons (Fsp3) is 0.471. The number of hydrogen-bond donors (Lipinski definition) is 2. The number of aromatic nitrogens is 4. The Kier molecular flexibility index (Phi) is 7.75. The lowest BCUT2D eigenvalue weighted by Gasteiger charge is -2.18. The number of esters is 2. The molecular weight excluding hydrogens is 400 g/mol. The Labute approximate surface area is 171 Å². The Morgan fingerprint density at radius 1 is 0.967 bits per heavy atom. The van der Waals surface area contributed by atoms with Gasteiger partial charge in [-0.25, -0.2) is 9.97 Å². The Hall–Kier alpha value is -3.61. The Morgan fingerprint density at radius 3 is 2.10 bits per heavy atom. The van der Waals surface area contributed by atoms with Gasteiger partial charge >= 0.3 is 11.9 Å². The van der Waals surface area contributed by atoms with Crippen LogP contribution in [0.2, 0.25) is 0 Å². The number of nitrogens with one attached hydrogen (secondary N) is 2. The van der Waals surface area contributed by atoms with E-state index in [9.17, 15) is 19.2 Å². The summed E-state index contributed by atoms with van der Waals surface area (Å²) in [6.45, 7) is 4.60. The molecule has 0 fully saturated rings. The molecule has 0 bridgehead atoms. The van der Waals surface area contributed by atoms with Gasteiger partial charge in [0.25, 0.3) is 0 Å². The van der Waals surface area contributed by atoms with Crippen molar-refractivity contribution in [1.29, 1.82) is 0 Å². The molecule has 2 aromatic rings. The molecule has 2 rings (SSSR count). The zero-order chi connectivity index (χ0) is 22.3. The van der Waals surface area contributed by atoms with E-state index in [1.807, 2.05) is 0 Å². The molecule has 0 aliphatic carbocycles. The quantitative estimate of drug-likeness (QED) is 0.534. The number of imidazole rings is 1. The van der Waals surface area contributed by atoms with Crippen LogP contribution >= 0.6 is 0 Å². The van der Waals surface area contributed by atoms with Gasteiger partial charge < -0.3 is 14.2 Å². The van der Waals surface area contributed by atoms with E-state index in [-0.39, 0.29) is 49.3 Å². The molecule has 0 unspecified atom stereocenters. The van der Waals surface area contributed by atoms with Gasteiger partial charge in [0.1, 0.15) is 31.6 Å². The van der Waals surface area contributed by atoms with Crippen LogP contribution in [0.15, 0.2) is 6.20 Å². The van der Waals surface area contributed by atoms with Crippen molar-refractivity contribution in [2.45, 2.75) is 40.5 Å². The van der Waals surface area contributed by atoms with Gasteiger partial charge in [-0.3, -0.25) is 34.4 Å². The number of fused-ring (bicyclic) bond motifs is 1. The SMILES string of the molecule is CC(=O)Nc1ncc2nc(NC(C)=O)n(COC(COC(C)=O)COC(C)=O)c2n1. The minimum atomic E-state index is -0.780. The minimum absolute atomic E-state index is 0.0434. The van der Waals surface area contributed by atoms with Gasteiger partial charge in [0.2, 0.25) is 23.7 Å². The van der Waals surface area contributed by atoms with E-state index >= 15 is 0 Å². The van der Waals surface area contributed by atoms with E-state index in [1.54, 1.807) is 0 Å². The monoisotopic (exact) mass is 422 g/mol. The topological polar surface area (TPSA) is 164 Å². The summed E-state index contributed by atoms with van der Waals surface area (Å²) in [4.78, 5) is 57.5. The molecule has 0 radical (unpaired) electrons. The molecule has 0 atom stereocenters. The highest BCUT2D eigenvalue weighted by atomic mass is 16.6. The summed E-state index contributed by atoms with van der Waals surface area (Å²) < 4.78 is 17.0. The van der Waals surface area contributed by atoms with E-state index in [1.165, 1.54) is 38.5 Å². The Balaban J connectivity index is 2.30. The van der Waals surface area contributed by atoms with Crippen LogP contribution in [0.3, 0.4) is 0 Å². The summed E-state index contributed by atoms with van der Waals surface area (Å²) in [6, 6.07) is 0. The van der Waals surface area contributed by atoms with E-state index in [0.29, 0.717) is 5.52 Å².